The minimum Gasteiger partial charge on any atom is -0.446 e. The molecule has 35 heavy (non-hydrogen) atoms. The third kappa shape index (κ3) is 3.93. The molecule has 182 valence electrons. The van der Waals surface area contributed by atoms with E-state index in [1.165, 1.54) is 0 Å². The number of halogens is 1. The Balaban J connectivity index is 1.24. The molecule has 2 aromatic heterocycles. The van der Waals surface area contributed by atoms with Crippen LogP contribution in [-0.4, -0.2) is 49.9 Å². The molecule has 1 aromatic carbocycles. The van der Waals surface area contributed by atoms with Crippen LogP contribution in [0.15, 0.2) is 42.6 Å². The van der Waals surface area contributed by atoms with Crippen molar-refractivity contribution in [2.75, 3.05) is 18.0 Å². The van der Waals surface area contributed by atoms with E-state index in [0.29, 0.717) is 29.4 Å². The molecule has 0 bridgehead atoms. The molecule has 1 saturated carbocycles. The Labute approximate surface area is 209 Å². The Morgan fingerprint density at radius 1 is 1.20 bits per heavy atom. The van der Waals surface area contributed by atoms with Crippen molar-refractivity contribution in [1.29, 1.82) is 0 Å². The molecule has 0 radical (unpaired) electrons. The van der Waals surface area contributed by atoms with Crippen LogP contribution in [0.4, 0.5) is 10.6 Å². The summed E-state index contributed by atoms with van der Waals surface area (Å²) in [5.41, 5.74) is 2.29. The highest BCUT2D eigenvalue weighted by Crippen LogP contribution is 2.56. The second kappa shape index (κ2) is 8.52. The highest BCUT2D eigenvalue weighted by molar-refractivity contribution is 6.30. The van der Waals surface area contributed by atoms with E-state index in [1.807, 2.05) is 50.4 Å². The minimum atomic E-state index is -0.338. The third-order valence-electron chi connectivity index (χ3n) is 7.62. The van der Waals surface area contributed by atoms with Gasteiger partial charge >= 0.3 is 6.09 Å². The van der Waals surface area contributed by atoms with Gasteiger partial charge in [0.15, 0.2) is 5.82 Å². The molecular weight excluding hydrogens is 464 g/mol. The van der Waals surface area contributed by atoms with E-state index >= 15 is 0 Å². The number of anilines is 1. The summed E-state index contributed by atoms with van der Waals surface area (Å²) in [6.45, 7) is 6.73. The van der Waals surface area contributed by atoms with Crippen LogP contribution in [0, 0.1) is 5.41 Å². The molecule has 4 heterocycles. The molecule has 0 N–H and O–H groups in total. The summed E-state index contributed by atoms with van der Waals surface area (Å²) in [6.07, 6.45) is 4.30. The molecule has 6 rings (SSSR count). The zero-order valence-corrected chi connectivity index (χ0v) is 20.8. The summed E-state index contributed by atoms with van der Waals surface area (Å²) in [7, 11) is 0. The Bertz CT molecular complexity index is 1250. The maximum Gasteiger partial charge on any atom is 0.410 e. The number of aromatic nitrogens is 4. The first-order valence-electron chi connectivity index (χ1n) is 12.3. The molecule has 9 heteroatoms. The molecule has 1 amide bonds. The maximum absolute atomic E-state index is 12.9. The largest absolute Gasteiger partial charge is 0.446 e. The van der Waals surface area contributed by atoms with Crippen LogP contribution in [-0.2, 0) is 17.8 Å². The first-order valence-corrected chi connectivity index (χ1v) is 12.7. The summed E-state index contributed by atoms with van der Waals surface area (Å²) in [6, 6.07) is 11.9. The van der Waals surface area contributed by atoms with E-state index in [0.717, 1.165) is 61.1 Å². The quantitative estimate of drug-likeness (QED) is 0.513. The highest BCUT2D eigenvalue weighted by atomic mass is 35.5. The molecule has 3 aliphatic rings. The van der Waals surface area contributed by atoms with Crippen molar-refractivity contribution in [3.05, 3.63) is 64.8 Å². The van der Waals surface area contributed by atoms with Gasteiger partial charge in [-0.3, -0.25) is 9.47 Å². The molecule has 2 aliphatic heterocycles. The highest BCUT2D eigenvalue weighted by Gasteiger charge is 2.54. The van der Waals surface area contributed by atoms with Gasteiger partial charge in [0.2, 0.25) is 0 Å². The van der Waals surface area contributed by atoms with Crippen LogP contribution in [0.2, 0.25) is 5.02 Å². The lowest BCUT2D eigenvalue weighted by Gasteiger charge is -2.59. The monoisotopic (exact) mass is 492 g/mol. The van der Waals surface area contributed by atoms with Crippen LogP contribution in [0.3, 0.4) is 0 Å². The van der Waals surface area contributed by atoms with Crippen molar-refractivity contribution < 1.29 is 9.53 Å². The number of fused-ring (bicyclic) bond motifs is 3. The molecule has 1 saturated heterocycles. The van der Waals surface area contributed by atoms with Gasteiger partial charge < -0.3 is 9.64 Å². The first-order chi connectivity index (χ1) is 16.9. The van der Waals surface area contributed by atoms with Gasteiger partial charge in [0.25, 0.3) is 0 Å². The lowest BCUT2D eigenvalue weighted by atomic mass is 9.57. The number of amides is 1. The van der Waals surface area contributed by atoms with E-state index in [4.69, 9.17) is 16.3 Å². The summed E-state index contributed by atoms with van der Waals surface area (Å²) in [5.74, 6) is 3.12. The fourth-order valence-electron chi connectivity index (χ4n) is 5.64. The molecule has 1 spiro atoms. The molecule has 0 unspecified atom stereocenters. The van der Waals surface area contributed by atoms with Crippen molar-refractivity contribution in [1.82, 2.24) is 24.6 Å². The van der Waals surface area contributed by atoms with Crippen LogP contribution in [0.25, 0.3) is 5.69 Å². The summed E-state index contributed by atoms with van der Waals surface area (Å²) >= 11 is 6.35. The van der Waals surface area contributed by atoms with Crippen molar-refractivity contribution in [2.24, 2.45) is 5.41 Å². The maximum atomic E-state index is 12.9. The molecular formula is C26H29ClN6O2. The summed E-state index contributed by atoms with van der Waals surface area (Å²) < 4.78 is 7.77. The van der Waals surface area contributed by atoms with Gasteiger partial charge in [-0.05, 0) is 62.1 Å². The number of hydrogen-bond acceptors (Lipinski definition) is 6. The number of ether oxygens (including phenoxy) is 1. The van der Waals surface area contributed by atoms with E-state index < -0.39 is 0 Å². The zero-order valence-electron chi connectivity index (χ0n) is 20.0. The normalized spacial score (nSPS) is 19.3. The summed E-state index contributed by atoms with van der Waals surface area (Å²) in [5, 5.41) is 9.81. The lowest BCUT2D eigenvalue weighted by molar-refractivity contribution is 0.0581. The predicted molar refractivity (Wildman–Crippen MR) is 133 cm³/mol. The average molecular weight is 493 g/mol. The smallest absolute Gasteiger partial charge is 0.410 e. The molecule has 3 aromatic rings. The van der Waals surface area contributed by atoms with Gasteiger partial charge in [0, 0.05) is 35.6 Å². The fourth-order valence-corrected chi connectivity index (χ4v) is 5.84. The molecule has 2 fully saturated rings. The second-order valence-corrected chi connectivity index (χ2v) is 10.6. The van der Waals surface area contributed by atoms with E-state index in [1.54, 1.807) is 4.90 Å². The lowest BCUT2D eigenvalue weighted by Crippen LogP contribution is -2.62. The van der Waals surface area contributed by atoms with E-state index in [2.05, 4.69) is 30.7 Å². The van der Waals surface area contributed by atoms with Crippen molar-refractivity contribution in [3.8, 4) is 5.69 Å². The van der Waals surface area contributed by atoms with Crippen molar-refractivity contribution >= 4 is 23.5 Å². The van der Waals surface area contributed by atoms with Crippen LogP contribution < -0.4 is 4.90 Å². The number of pyridine rings is 1. The minimum absolute atomic E-state index is 0.141. The average Bonchev–Trinajstić information content (AvgIpc) is 3.12. The van der Waals surface area contributed by atoms with Crippen molar-refractivity contribution in [3.63, 3.8) is 0 Å². The van der Waals surface area contributed by atoms with Gasteiger partial charge in [-0.25, -0.2) is 9.78 Å². The van der Waals surface area contributed by atoms with Gasteiger partial charge in [-0.1, -0.05) is 24.6 Å². The first kappa shape index (κ1) is 22.3. The van der Waals surface area contributed by atoms with Gasteiger partial charge in [0.05, 0.1) is 18.8 Å². The zero-order chi connectivity index (χ0) is 24.2. The SMILES string of the molecule is CC[C@H](C)OC(=O)N1Cc2cc(Cl)ccc2-n2c(nnc2C2CC3(C2)CN(c2ccccn2)C3)C1. The molecule has 8 nitrogen and oxygen atoms in total. The summed E-state index contributed by atoms with van der Waals surface area (Å²) in [4.78, 5) is 21.4. The number of rotatable bonds is 4. The second-order valence-electron chi connectivity index (χ2n) is 10.2. The number of carbonyl (C=O) groups is 1. The number of nitrogens with zero attached hydrogens (tertiary/aromatic N) is 6. The third-order valence-corrected chi connectivity index (χ3v) is 7.85. The van der Waals surface area contributed by atoms with Gasteiger partial charge in [0.1, 0.15) is 17.7 Å². The molecule has 1 aliphatic carbocycles. The van der Waals surface area contributed by atoms with Crippen LogP contribution in [0.1, 0.15) is 56.2 Å². The molecule has 1 atom stereocenters. The number of hydrogen-bond donors (Lipinski definition) is 0. The van der Waals surface area contributed by atoms with Crippen molar-refractivity contribution in [2.45, 2.75) is 58.2 Å². The van der Waals surface area contributed by atoms with Gasteiger partial charge in [-0.2, -0.15) is 0 Å². The fraction of sp³-hybridized carbons (Fsp3) is 0.462. The Morgan fingerprint density at radius 2 is 2.03 bits per heavy atom. The number of carbonyl (C=O) groups excluding carboxylic acids is 1. The standard InChI is InChI=1S/C26H29ClN6O2/c1-3-17(2)35-25(34)31-13-18-10-20(27)7-8-21(18)33-23(14-31)29-30-24(33)19-11-26(12-19)15-32(16-26)22-6-4-5-9-28-22/h4-10,17,19H,3,11-16H2,1-2H3/t17-/m0/s1. The Morgan fingerprint density at radius 3 is 2.77 bits per heavy atom. The number of benzene rings is 1. The predicted octanol–water partition coefficient (Wildman–Crippen LogP) is 4.95. The Kier molecular flexibility index (Phi) is 5.44. The van der Waals surface area contributed by atoms with E-state index in [9.17, 15) is 4.79 Å². The van der Waals surface area contributed by atoms with Crippen LogP contribution in [0.5, 0.6) is 0 Å². The topological polar surface area (TPSA) is 76.4 Å². The Hall–Kier alpha value is -3.13. The van der Waals surface area contributed by atoms with Gasteiger partial charge in [-0.15, -0.1) is 10.2 Å². The van der Waals surface area contributed by atoms with E-state index in [-0.39, 0.29) is 12.2 Å². The van der Waals surface area contributed by atoms with Crippen LogP contribution >= 0.6 is 11.6 Å².